The molecule has 6 heteroatoms. The van der Waals surface area contributed by atoms with Crippen LogP contribution in [0.2, 0.25) is 0 Å². The molecule has 0 heterocycles. The van der Waals surface area contributed by atoms with E-state index in [1.54, 1.807) is 24.3 Å². The first-order chi connectivity index (χ1) is 10.8. The van der Waals surface area contributed by atoms with E-state index in [4.69, 9.17) is 4.74 Å². The highest BCUT2D eigenvalue weighted by Gasteiger charge is 2.13. The quantitative estimate of drug-likeness (QED) is 0.751. The van der Waals surface area contributed by atoms with Gasteiger partial charge in [-0.2, -0.15) is 0 Å². The van der Waals surface area contributed by atoms with Crippen LogP contribution in [0, 0.1) is 5.92 Å². The molecule has 1 atom stereocenters. The van der Waals surface area contributed by atoms with Gasteiger partial charge in [-0.05, 0) is 30.5 Å². The first kappa shape index (κ1) is 18.7. The number of benzene rings is 1. The van der Waals surface area contributed by atoms with Crippen molar-refractivity contribution in [2.75, 3.05) is 11.9 Å². The predicted octanol–water partition coefficient (Wildman–Crippen LogP) is 1.89. The molecule has 2 amide bonds. The first-order valence-electron chi connectivity index (χ1n) is 7.59. The number of carbonyl (C=O) groups excluding carboxylic acids is 3. The highest BCUT2D eigenvalue weighted by molar-refractivity contribution is 5.88. The van der Waals surface area contributed by atoms with E-state index in [1.165, 1.54) is 6.92 Å². The lowest BCUT2D eigenvalue weighted by atomic mass is 10.1. The Balaban J connectivity index is 2.39. The van der Waals surface area contributed by atoms with Gasteiger partial charge in [-0.3, -0.25) is 14.4 Å². The normalized spacial score (nSPS) is 11.7. The summed E-state index contributed by atoms with van der Waals surface area (Å²) < 4.78 is 4.96. The molecule has 0 aliphatic rings. The zero-order chi connectivity index (χ0) is 17.4. The van der Waals surface area contributed by atoms with Crippen LogP contribution >= 0.6 is 0 Å². The van der Waals surface area contributed by atoms with Crippen LogP contribution in [-0.4, -0.2) is 30.4 Å². The van der Waals surface area contributed by atoms with Crippen molar-refractivity contribution in [2.24, 2.45) is 5.92 Å². The fourth-order valence-electron chi connectivity index (χ4n) is 1.74. The molecule has 0 unspecified atom stereocenters. The fraction of sp³-hybridized carbons (Fsp3) is 0.471. The maximum Gasteiger partial charge on any atom is 0.310 e. The zero-order valence-corrected chi connectivity index (χ0v) is 14.0. The first-order valence-corrected chi connectivity index (χ1v) is 7.59. The van der Waals surface area contributed by atoms with Crippen LogP contribution in [0.25, 0.3) is 0 Å². The maximum atomic E-state index is 11.7. The molecule has 0 saturated carbocycles. The van der Waals surface area contributed by atoms with Gasteiger partial charge < -0.3 is 15.4 Å². The third-order valence-corrected chi connectivity index (χ3v) is 3.38. The van der Waals surface area contributed by atoms with Crippen molar-refractivity contribution >= 4 is 23.5 Å². The molecule has 0 aromatic heterocycles. The molecule has 0 aliphatic carbocycles. The zero-order valence-electron chi connectivity index (χ0n) is 14.0. The van der Waals surface area contributed by atoms with E-state index in [2.05, 4.69) is 10.6 Å². The second-order valence-electron chi connectivity index (χ2n) is 5.82. The number of amides is 2. The summed E-state index contributed by atoms with van der Waals surface area (Å²) >= 11 is 0. The Morgan fingerprint density at radius 2 is 1.70 bits per heavy atom. The van der Waals surface area contributed by atoms with Gasteiger partial charge in [-0.1, -0.05) is 26.0 Å². The summed E-state index contributed by atoms with van der Waals surface area (Å²) in [6.45, 7) is 7.06. The monoisotopic (exact) mass is 320 g/mol. The Morgan fingerprint density at radius 1 is 1.09 bits per heavy atom. The van der Waals surface area contributed by atoms with Gasteiger partial charge in [0, 0.05) is 18.7 Å². The molecule has 126 valence electrons. The van der Waals surface area contributed by atoms with Crippen LogP contribution < -0.4 is 10.6 Å². The van der Waals surface area contributed by atoms with E-state index < -0.39 is 5.97 Å². The molecule has 2 N–H and O–H groups in total. The topological polar surface area (TPSA) is 84.5 Å². The second kappa shape index (κ2) is 8.92. The lowest BCUT2D eigenvalue weighted by Gasteiger charge is -2.17. The van der Waals surface area contributed by atoms with Gasteiger partial charge in [-0.25, -0.2) is 0 Å². The smallest absolute Gasteiger partial charge is 0.310 e. The van der Waals surface area contributed by atoms with Crippen molar-refractivity contribution in [3.05, 3.63) is 29.8 Å². The van der Waals surface area contributed by atoms with Gasteiger partial charge in [0.25, 0.3) is 5.91 Å². The van der Waals surface area contributed by atoms with E-state index in [0.29, 0.717) is 11.6 Å². The van der Waals surface area contributed by atoms with Crippen molar-refractivity contribution in [1.29, 1.82) is 0 Å². The average Bonchev–Trinajstić information content (AvgIpc) is 2.46. The SMILES string of the molecule is CC(=O)Nc1ccc(CC(=O)OCC(=O)N[C@@H](C)C(C)C)cc1. The van der Waals surface area contributed by atoms with E-state index in [1.807, 2.05) is 20.8 Å². The van der Waals surface area contributed by atoms with Crippen LogP contribution in [0.5, 0.6) is 0 Å². The van der Waals surface area contributed by atoms with E-state index in [9.17, 15) is 14.4 Å². The van der Waals surface area contributed by atoms with E-state index >= 15 is 0 Å². The summed E-state index contributed by atoms with van der Waals surface area (Å²) in [6.07, 6.45) is 0.0768. The Morgan fingerprint density at radius 3 is 2.22 bits per heavy atom. The van der Waals surface area contributed by atoms with Crippen molar-refractivity contribution in [1.82, 2.24) is 5.32 Å². The molecule has 23 heavy (non-hydrogen) atoms. The Kier molecular flexibility index (Phi) is 7.25. The van der Waals surface area contributed by atoms with Gasteiger partial charge >= 0.3 is 5.97 Å². The lowest BCUT2D eigenvalue weighted by molar-refractivity contribution is -0.148. The van der Waals surface area contributed by atoms with Crippen LogP contribution in [-0.2, 0) is 25.5 Å². The predicted molar refractivity (Wildman–Crippen MR) is 87.9 cm³/mol. The molecule has 0 bridgehead atoms. The third kappa shape index (κ3) is 7.44. The van der Waals surface area contributed by atoms with Gasteiger partial charge in [0.15, 0.2) is 6.61 Å². The molecule has 0 radical (unpaired) electrons. The molecular formula is C17H24N2O4. The van der Waals surface area contributed by atoms with Crippen LogP contribution in [0.15, 0.2) is 24.3 Å². The second-order valence-corrected chi connectivity index (χ2v) is 5.82. The van der Waals surface area contributed by atoms with Crippen LogP contribution in [0.1, 0.15) is 33.3 Å². The molecule has 1 aromatic carbocycles. The minimum Gasteiger partial charge on any atom is -0.455 e. The molecule has 1 aromatic rings. The number of carbonyl (C=O) groups is 3. The van der Waals surface area contributed by atoms with Crippen LogP contribution in [0.4, 0.5) is 5.69 Å². The number of esters is 1. The third-order valence-electron chi connectivity index (χ3n) is 3.38. The Hall–Kier alpha value is -2.37. The Bertz CT molecular complexity index is 552. The molecule has 0 spiro atoms. The molecular weight excluding hydrogens is 296 g/mol. The molecule has 0 aliphatic heterocycles. The van der Waals surface area contributed by atoms with E-state index in [0.717, 1.165) is 5.56 Å². The number of nitrogens with one attached hydrogen (secondary N) is 2. The van der Waals surface area contributed by atoms with Crippen molar-refractivity contribution in [3.63, 3.8) is 0 Å². The van der Waals surface area contributed by atoms with E-state index in [-0.39, 0.29) is 30.9 Å². The summed E-state index contributed by atoms with van der Waals surface area (Å²) in [6, 6.07) is 6.91. The minimum atomic E-state index is -0.468. The number of anilines is 1. The molecule has 0 fully saturated rings. The summed E-state index contributed by atoms with van der Waals surface area (Å²) in [5, 5.41) is 5.41. The minimum absolute atomic E-state index is 0.0301. The van der Waals surface area contributed by atoms with Crippen molar-refractivity contribution < 1.29 is 19.1 Å². The number of ether oxygens (including phenoxy) is 1. The van der Waals surface area contributed by atoms with Crippen molar-refractivity contribution in [3.8, 4) is 0 Å². The lowest BCUT2D eigenvalue weighted by Crippen LogP contribution is -2.38. The Labute approximate surface area is 136 Å². The number of hydrogen-bond donors (Lipinski definition) is 2. The molecule has 6 nitrogen and oxygen atoms in total. The summed E-state index contributed by atoms with van der Waals surface area (Å²) in [7, 11) is 0. The highest BCUT2D eigenvalue weighted by Crippen LogP contribution is 2.10. The molecule has 0 saturated heterocycles. The largest absolute Gasteiger partial charge is 0.455 e. The highest BCUT2D eigenvalue weighted by atomic mass is 16.5. The summed E-state index contributed by atoms with van der Waals surface area (Å²) in [4.78, 5) is 34.3. The number of rotatable bonds is 7. The average molecular weight is 320 g/mol. The van der Waals surface area contributed by atoms with Gasteiger partial charge in [0.2, 0.25) is 5.91 Å². The van der Waals surface area contributed by atoms with Gasteiger partial charge in [0.1, 0.15) is 0 Å². The fourth-order valence-corrected chi connectivity index (χ4v) is 1.74. The van der Waals surface area contributed by atoms with Crippen LogP contribution in [0.3, 0.4) is 0 Å². The summed E-state index contributed by atoms with van der Waals surface area (Å²) in [5.74, 6) is -0.610. The molecule has 1 rings (SSSR count). The standard InChI is InChI=1S/C17H24N2O4/c1-11(2)12(3)18-16(21)10-23-17(22)9-14-5-7-15(8-6-14)19-13(4)20/h5-8,11-12H,9-10H2,1-4H3,(H,18,21)(H,19,20)/t12-/m0/s1. The van der Waals surface area contributed by atoms with Crippen molar-refractivity contribution in [2.45, 2.75) is 40.2 Å². The summed E-state index contributed by atoms with van der Waals surface area (Å²) in [5.41, 5.74) is 1.41. The maximum absolute atomic E-state index is 11.7. The number of hydrogen-bond acceptors (Lipinski definition) is 4. The van der Waals surface area contributed by atoms with Gasteiger partial charge in [0.05, 0.1) is 6.42 Å². The van der Waals surface area contributed by atoms with Gasteiger partial charge in [-0.15, -0.1) is 0 Å².